The smallest absolute Gasteiger partial charge is 0.0314 e. The zero-order valence-corrected chi connectivity index (χ0v) is 13.3. The lowest BCUT2D eigenvalue weighted by molar-refractivity contribution is 0.572. The van der Waals surface area contributed by atoms with Crippen molar-refractivity contribution in [3.63, 3.8) is 0 Å². The summed E-state index contributed by atoms with van der Waals surface area (Å²) in [6.45, 7) is 6.59. The molecule has 0 fully saturated rings. The molecule has 1 aromatic rings. The van der Waals surface area contributed by atoms with Crippen molar-refractivity contribution in [1.82, 2.24) is 0 Å². The lowest BCUT2D eigenvalue weighted by Crippen LogP contribution is -1.81. The van der Waals surface area contributed by atoms with Crippen LogP contribution in [-0.2, 0) is 0 Å². The Kier molecular flexibility index (Phi) is 12.8. The van der Waals surface area contributed by atoms with E-state index in [1.165, 1.54) is 63.4 Å². The largest absolute Gasteiger partial charge is 0.399 e. The first-order chi connectivity index (χ1) is 9.20. The van der Waals surface area contributed by atoms with Gasteiger partial charge in [-0.15, -0.1) is 0 Å². The van der Waals surface area contributed by atoms with Crippen LogP contribution in [0.1, 0.15) is 77.2 Å². The van der Waals surface area contributed by atoms with Gasteiger partial charge in [0.2, 0.25) is 0 Å². The maximum Gasteiger partial charge on any atom is 0.0314 e. The molecule has 110 valence electrons. The quantitative estimate of drug-likeness (QED) is 0.444. The van der Waals surface area contributed by atoms with E-state index in [-0.39, 0.29) is 0 Å². The van der Waals surface area contributed by atoms with Crippen molar-refractivity contribution in [2.45, 2.75) is 78.6 Å². The summed E-state index contributed by atoms with van der Waals surface area (Å²) >= 11 is 0. The first kappa shape index (κ1) is 18.0. The lowest BCUT2D eigenvalue weighted by Gasteiger charge is -1.98. The molecule has 1 aromatic carbocycles. The molecule has 0 unspecified atom stereocenters. The van der Waals surface area contributed by atoms with Gasteiger partial charge < -0.3 is 5.73 Å². The zero-order chi connectivity index (χ0) is 14.3. The number of nitrogens with two attached hydrogens (primary N) is 1. The number of nitrogen functional groups attached to an aromatic ring is 1. The number of rotatable bonds is 8. The highest BCUT2D eigenvalue weighted by Gasteiger charge is 1.89. The molecule has 0 amide bonds. The standard InChI is InChI=1S/C11H24.C7H9N/c1-3-5-7-9-11-10-8-6-4-2;1-6-2-4-7(8)5-3-6/h3-11H2,1-2H3;2-5H,8H2,1H3. The fourth-order valence-corrected chi connectivity index (χ4v) is 1.95. The summed E-state index contributed by atoms with van der Waals surface area (Å²) < 4.78 is 0. The van der Waals surface area contributed by atoms with Crippen LogP contribution in [0.2, 0.25) is 0 Å². The van der Waals surface area contributed by atoms with Crippen LogP contribution >= 0.6 is 0 Å². The van der Waals surface area contributed by atoms with E-state index >= 15 is 0 Å². The van der Waals surface area contributed by atoms with Crippen molar-refractivity contribution in [2.75, 3.05) is 5.73 Å². The Morgan fingerprint density at radius 1 is 0.684 bits per heavy atom. The summed E-state index contributed by atoms with van der Waals surface area (Å²) in [4.78, 5) is 0. The lowest BCUT2D eigenvalue weighted by atomic mass is 10.1. The Balaban J connectivity index is 0.000000356. The van der Waals surface area contributed by atoms with E-state index in [1.807, 2.05) is 31.2 Å². The van der Waals surface area contributed by atoms with E-state index in [1.54, 1.807) is 0 Å². The molecule has 1 heteroatoms. The summed E-state index contributed by atoms with van der Waals surface area (Å²) in [5, 5.41) is 0. The number of anilines is 1. The SMILES string of the molecule is CCCCCCCCCCC.Cc1ccc(N)cc1. The Labute approximate surface area is 120 Å². The van der Waals surface area contributed by atoms with Crippen molar-refractivity contribution in [2.24, 2.45) is 0 Å². The Morgan fingerprint density at radius 3 is 1.37 bits per heavy atom. The maximum absolute atomic E-state index is 5.43. The van der Waals surface area contributed by atoms with Crippen LogP contribution in [0.15, 0.2) is 24.3 Å². The van der Waals surface area contributed by atoms with Gasteiger partial charge in [0.1, 0.15) is 0 Å². The second-order valence-electron chi connectivity index (χ2n) is 5.39. The molecule has 0 radical (unpaired) electrons. The third kappa shape index (κ3) is 13.3. The van der Waals surface area contributed by atoms with E-state index < -0.39 is 0 Å². The molecule has 19 heavy (non-hydrogen) atoms. The zero-order valence-electron chi connectivity index (χ0n) is 13.3. The monoisotopic (exact) mass is 263 g/mol. The fraction of sp³-hybridized carbons (Fsp3) is 0.667. The van der Waals surface area contributed by atoms with Gasteiger partial charge in [-0.3, -0.25) is 0 Å². The van der Waals surface area contributed by atoms with Crippen molar-refractivity contribution in [3.05, 3.63) is 29.8 Å². The van der Waals surface area contributed by atoms with Crippen molar-refractivity contribution < 1.29 is 0 Å². The fourth-order valence-electron chi connectivity index (χ4n) is 1.95. The third-order valence-corrected chi connectivity index (χ3v) is 3.28. The van der Waals surface area contributed by atoms with Crippen molar-refractivity contribution >= 4 is 5.69 Å². The molecule has 0 aromatic heterocycles. The Hall–Kier alpha value is -0.980. The first-order valence-corrected chi connectivity index (χ1v) is 8.02. The normalized spacial score (nSPS) is 9.84. The van der Waals surface area contributed by atoms with Gasteiger partial charge in [0.05, 0.1) is 0 Å². The third-order valence-electron chi connectivity index (χ3n) is 3.28. The molecule has 2 N–H and O–H groups in total. The summed E-state index contributed by atoms with van der Waals surface area (Å²) in [6.07, 6.45) is 13.0. The van der Waals surface area contributed by atoms with Gasteiger partial charge in [-0.1, -0.05) is 89.3 Å². The predicted octanol–water partition coefficient (Wildman–Crippen LogP) is 6.11. The van der Waals surface area contributed by atoms with Gasteiger partial charge in [0, 0.05) is 5.69 Å². The number of hydrogen-bond donors (Lipinski definition) is 1. The van der Waals surface area contributed by atoms with Crippen LogP contribution in [0.5, 0.6) is 0 Å². The molecule has 0 aliphatic rings. The van der Waals surface area contributed by atoms with Gasteiger partial charge in [0.15, 0.2) is 0 Å². The molecule has 0 saturated carbocycles. The molecular formula is C18H33N. The molecule has 0 aliphatic carbocycles. The van der Waals surface area contributed by atoms with Crippen LogP contribution < -0.4 is 5.73 Å². The number of unbranched alkanes of at least 4 members (excludes halogenated alkanes) is 8. The number of hydrogen-bond acceptors (Lipinski definition) is 1. The van der Waals surface area contributed by atoms with Crippen molar-refractivity contribution in [3.8, 4) is 0 Å². The molecular weight excluding hydrogens is 230 g/mol. The topological polar surface area (TPSA) is 26.0 Å². The molecule has 0 bridgehead atoms. The Bertz CT molecular complexity index is 247. The average molecular weight is 263 g/mol. The predicted molar refractivity (Wildman–Crippen MR) is 88.5 cm³/mol. The second-order valence-corrected chi connectivity index (χ2v) is 5.39. The minimum Gasteiger partial charge on any atom is -0.399 e. The highest BCUT2D eigenvalue weighted by Crippen LogP contribution is 2.08. The highest BCUT2D eigenvalue weighted by atomic mass is 14.5. The van der Waals surface area contributed by atoms with Gasteiger partial charge >= 0.3 is 0 Å². The molecule has 1 rings (SSSR count). The van der Waals surface area contributed by atoms with Gasteiger partial charge in [-0.05, 0) is 19.1 Å². The van der Waals surface area contributed by atoms with E-state index in [9.17, 15) is 0 Å². The van der Waals surface area contributed by atoms with Crippen LogP contribution in [0, 0.1) is 6.92 Å². The van der Waals surface area contributed by atoms with Gasteiger partial charge in [-0.25, -0.2) is 0 Å². The van der Waals surface area contributed by atoms with E-state index in [4.69, 9.17) is 5.73 Å². The summed E-state index contributed by atoms with van der Waals surface area (Å²) in [6, 6.07) is 7.79. The summed E-state index contributed by atoms with van der Waals surface area (Å²) in [5.74, 6) is 0. The minimum atomic E-state index is 0.829. The van der Waals surface area contributed by atoms with E-state index in [0.29, 0.717) is 0 Å². The van der Waals surface area contributed by atoms with Gasteiger partial charge in [-0.2, -0.15) is 0 Å². The molecule has 0 heterocycles. The second kappa shape index (κ2) is 13.5. The van der Waals surface area contributed by atoms with E-state index in [2.05, 4.69) is 13.8 Å². The van der Waals surface area contributed by atoms with Gasteiger partial charge in [0.25, 0.3) is 0 Å². The molecule has 1 nitrogen and oxygen atoms in total. The van der Waals surface area contributed by atoms with E-state index in [0.717, 1.165) is 5.69 Å². The molecule has 0 saturated heterocycles. The first-order valence-electron chi connectivity index (χ1n) is 8.02. The molecule has 0 aliphatic heterocycles. The minimum absolute atomic E-state index is 0.829. The highest BCUT2D eigenvalue weighted by molar-refractivity contribution is 5.38. The summed E-state index contributed by atoms with van der Waals surface area (Å²) in [5.41, 5.74) is 7.51. The molecule has 0 atom stereocenters. The number of aryl methyl sites for hydroxylation is 1. The summed E-state index contributed by atoms with van der Waals surface area (Å²) in [7, 11) is 0. The van der Waals surface area contributed by atoms with Crippen molar-refractivity contribution in [1.29, 1.82) is 0 Å². The average Bonchev–Trinajstić information content (AvgIpc) is 2.42. The Morgan fingerprint density at radius 2 is 1.05 bits per heavy atom. The molecule has 0 spiro atoms. The number of benzene rings is 1. The van der Waals surface area contributed by atoms with Crippen LogP contribution in [0.3, 0.4) is 0 Å². The van der Waals surface area contributed by atoms with Crippen LogP contribution in [-0.4, -0.2) is 0 Å². The maximum atomic E-state index is 5.43. The van der Waals surface area contributed by atoms with Crippen LogP contribution in [0.25, 0.3) is 0 Å². The van der Waals surface area contributed by atoms with Crippen LogP contribution in [0.4, 0.5) is 5.69 Å².